The number of quaternary nitrogens is 1. The lowest BCUT2D eigenvalue weighted by atomic mass is 10.1. The Bertz CT molecular complexity index is 165. The second-order valence-electron chi connectivity index (χ2n) is 2.52. The molecule has 0 fully saturated rings. The Labute approximate surface area is 85.0 Å². The molecule has 0 bridgehead atoms. The van der Waals surface area contributed by atoms with Crippen molar-refractivity contribution >= 4 is 5.97 Å². The number of halogens is 4. The molecule has 14 heavy (non-hydrogen) atoms. The molecule has 88 valence electrons. The molecule has 0 spiro atoms. The highest BCUT2D eigenvalue weighted by Crippen LogP contribution is 2.20. The van der Waals surface area contributed by atoms with E-state index in [9.17, 15) is 18.0 Å². The van der Waals surface area contributed by atoms with Crippen LogP contribution in [0.1, 0.15) is 19.3 Å². The minimum Gasteiger partial charge on any atom is -1.00 e. The van der Waals surface area contributed by atoms with E-state index in [-0.39, 0.29) is 37.1 Å². The Morgan fingerprint density at radius 2 is 1.86 bits per heavy atom. The van der Waals surface area contributed by atoms with Gasteiger partial charge in [-0.2, -0.15) is 13.2 Å². The van der Waals surface area contributed by atoms with Gasteiger partial charge in [0.1, 0.15) is 0 Å². The van der Waals surface area contributed by atoms with Crippen molar-refractivity contribution in [3.8, 4) is 0 Å². The Morgan fingerprint density at radius 3 is 2.14 bits per heavy atom. The fourth-order valence-electron chi connectivity index (χ4n) is 0.663. The van der Waals surface area contributed by atoms with Crippen molar-refractivity contribution in [3.05, 3.63) is 0 Å². The van der Waals surface area contributed by atoms with Gasteiger partial charge in [-0.1, -0.05) is 0 Å². The Kier molecular flexibility index (Phi) is 10.7. The minimum atomic E-state index is -4.31. The lowest BCUT2D eigenvalue weighted by Gasteiger charge is -2.10. The van der Waals surface area contributed by atoms with E-state index >= 15 is 0 Å². The van der Waals surface area contributed by atoms with Gasteiger partial charge in [-0.3, -0.25) is 4.79 Å². The third-order valence-corrected chi connectivity index (χ3v) is 1.41. The zero-order chi connectivity index (χ0) is 9.78. The summed E-state index contributed by atoms with van der Waals surface area (Å²) in [6, 6.07) is -1.66. The molecule has 0 unspecified atom stereocenters. The van der Waals surface area contributed by atoms with Crippen LogP contribution in [0.2, 0.25) is 0 Å². The first-order valence-electron chi connectivity index (χ1n) is 3.45. The summed E-state index contributed by atoms with van der Waals surface area (Å²) in [7, 11) is 0. The quantitative estimate of drug-likeness (QED) is 0.535. The first-order chi connectivity index (χ1) is 5.34. The van der Waals surface area contributed by atoms with Crippen LogP contribution >= 0.6 is 0 Å². The van der Waals surface area contributed by atoms with Gasteiger partial charge in [0.2, 0.25) is 0 Å². The van der Waals surface area contributed by atoms with E-state index in [1.165, 1.54) is 0 Å². The number of alkyl halides is 3. The molecule has 8 heteroatoms. The van der Waals surface area contributed by atoms with E-state index in [1.807, 2.05) is 0 Å². The molecule has 4 nitrogen and oxygen atoms in total. The van der Waals surface area contributed by atoms with Gasteiger partial charge in [0.25, 0.3) is 0 Å². The van der Waals surface area contributed by atoms with Crippen LogP contribution in [0.5, 0.6) is 0 Å². The summed E-state index contributed by atoms with van der Waals surface area (Å²) in [5.74, 6) is -1.08. The van der Waals surface area contributed by atoms with Gasteiger partial charge in [0.05, 0.1) is 0 Å². The topological polar surface area (TPSA) is 96.4 Å². The molecule has 0 radical (unpaired) electrons. The molecule has 0 amide bonds. The van der Waals surface area contributed by atoms with Gasteiger partial charge in [0.15, 0.2) is 6.04 Å². The van der Waals surface area contributed by atoms with Crippen LogP contribution in [0.25, 0.3) is 0 Å². The zero-order valence-corrected chi connectivity index (χ0v) is 8.03. The molecule has 6 N–H and O–H groups in total. The van der Waals surface area contributed by atoms with Crippen molar-refractivity contribution < 1.29 is 46.7 Å². The number of carboxylic acids is 1. The largest absolute Gasteiger partial charge is 1.00 e. The van der Waals surface area contributed by atoms with E-state index < -0.39 is 18.2 Å². The molecule has 0 rings (SSSR count). The molecular weight excluding hydrogens is 227 g/mol. The summed E-state index contributed by atoms with van der Waals surface area (Å²) in [5, 5.41) is 8.13. The lowest BCUT2D eigenvalue weighted by molar-refractivity contribution is -0.482. The van der Waals surface area contributed by atoms with Gasteiger partial charge in [-0.05, 0) is 6.42 Å². The summed E-state index contributed by atoms with van der Waals surface area (Å²) in [6.07, 6.45) is -4.75. The van der Waals surface area contributed by atoms with Gasteiger partial charge < -0.3 is 28.7 Å². The molecule has 0 saturated carbocycles. The fourth-order valence-corrected chi connectivity index (χ4v) is 0.663. The number of hydrogen-bond acceptors (Lipinski definition) is 1. The van der Waals surface area contributed by atoms with Crippen LogP contribution in [-0.2, 0) is 4.79 Å². The van der Waals surface area contributed by atoms with Gasteiger partial charge in [-0.25, -0.2) is 0 Å². The first-order valence-corrected chi connectivity index (χ1v) is 3.45. The maximum atomic E-state index is 11.8. The van der Waals surface area contributed by atoms with Crippen molar-refractivity contribution in [1.82, 2.24) is 0 Å². The van der Waals surface area contributed by atoms with Crippen LogP contribution in [0, 0.1) is 0 Å². The average Bonchev–Trinajstić information content (AvgIpc) is 1.84. The van der Waals surface area contributed by atoms with E-state index in [4.69, 9.17) is 5.11 Å². The first kappa shape index (κ1) is 19.1. The zero-order valence-electron chi connectivity index (χ0n) is 7.27. The van der Waals surface area contributed by atoms with Crippen molar-refractivity contribution in [2.24, 2.45) is 0 Å². The molecule has 0 aliphatic heterocycles. The second kappa shape index (κ2) is 7.84. The van der Waals surface area contributed by atoms with E-state index in [0.717, 1.165) is 0 Å². The van der Waals surface area contributed by atoms with E-state index in [2.05, 4.69) is 5.73 Å². The lowest BCUT2D eigenvalue weighted by Crippen LogP contribution is -3.00. The molecule has 0 aromatic rings. The maximum absolute atomic E-state index is 11.8. The molecule has 1 atom stereocenters. The van der Waals surface area contributed by atoms with E-state index in [0.29, 0.717) is 0 Å². The highest BCUT2D eigenvalue weighted by Gasteiger charge is 2.39. The van der Waals surface area contributed by atoms with E-state index in [1.54, 1.807) is 0 Å². The highest BCUT2D eigenvalue weighted by atomic mass is 35.5. The monoisotopic (exact) mass is 239 g/mol. The summed E-state index contributed by atoms with van der Waals surface area (Å²) in [4.78, 5) is 9.93. The van der Waals surface area contributed by atoms with Gasteiger partial charge >= 0.3 is 12.1 Å². The van der Waals surface area contributed by atoms with Crippen molar-refractivity contribution in [3.63, 3.8) is 0 Å². The van der Waals surface area contributed by atoms with Crippen molar-refractivity contribution in [2.75, 3.05) is 0 Å². The summed E-state index contributed by atoms with van der Waals surface area (Å²) < 4.78 is 35.3. The summed E-state index contributed by atoms with van der Waals surface area (Å²) in [6.45, 7) is 0. The molecule has 0 aromatic heterocycles. The van der Waals surface area contributed by atoms with Crippen LogP contribution in [0.3, 0.4) is 0 Å². The Balaban J connectivity index is -0.000000605. The van der Waals surface area contributed by atoms with Crippen molar-refractivity contribution in [2.45, 2.75) is 31.5 Å². The number of carbonyl (C=O) groups is 1. The summed E-state index contributed by atoms with van der Waals surface area (Å²) in [5.41, 5.74) is 2.89. The molecule has 0 heterocycles. The minimum absolute atomic E-state index is 0. The highest BCUT2D eigenvalue weighted by molar-refractivity contribution is 5.66. The van der Waals surface area contributed by atoms with Crippen LogP contribution in [0.15, 0.2) is 0 Å². The number of carboxylic acid groups (broad SMARTS) is 1. The third kappa shape index (κ3) is 9.56. The Morgan fingerprint density at radius 1 is 1.43 bits per heavy atom. The van der Waals surface area contributed by atoms with Gasteiger partial charge in [0, 0.05) is 12.8 Å². The molecular formula is C6H13ClF3NO3. The van der Waals surface area contributed by atoms with Crippen molar-refractivity contribution in [1.29, 1.82) is 0 Å². The molecule has 0 aliphatic carbocycles. The Hall–Kier alpha value is -0.530. The molecule has 0 aliphatic rings. The maximum Gasteiger partial charge on any atom is 0.441 e. The predicted molar refractivity (Wildman–Crippen MR) is 37.8 cm³/mol. The van der Waals surface area contributed by atoms with Crippen LogP contribution in [-0.4, -0.2) is 28.8 Å². The SMILES string of the molecule is O.[Cl-].[NH3+][C@@H](CCCC(=O)O)C(F)(F)F. The smallest absolute Gasteiger partial charge is 0.441 e. The number of rotatable bonds is 4. The third-order valence-electron chi connectivity index (χ3n) is 1.41. The number of hydrogen-bond donors (Lipinski definition) is 2. The normalized spacial score (nSPS) is 12.3. The second-order valence-corrected chi connectivity index (χ2v) is 2.52. The predicted octanol–water partition coefficient (Wildman–Crippen LogP) is -3.41. The number of aliphatic carboxylic acids is 1. The average molecular weight is 240 g/mol. The standard InChI is InChI=1S/C6H10F3NO2.ClH.H2O/c7-6(8,9)4(10)2-1-3-5(11)12;;/h4H,1-3,10H2,(H,11,12);1H;1H2/t4-;;/m0../s1. The molecule has 0 aromatic carbocycles. The van der Waals surface area contributed by atoms with Gasteiger partial charge in [-0.15, -0.1) is 0 Å². The van der Waals surface area contributed by atoms with Crippen LogP contribution in [0.4, 0.5) is 13.2 Å². The molecule has 0 saturated heterocycles. The fraction of sp³-hybridized carbons (Fsp3) is 0.833. The summed E-state index contributed by atoms with van der Waals surface area (Å²) >= 11 is 0. The van der Waals surface area contributed by atoms with Crippen LogP contribution < -0.4 is 18.1 Å².